The quantitative estimate of drug-likeness (QED) is 0.876. The number of aromatic nitrogens is 2. The summed E-state index contributed by atoms with van der Waals surface area (Å²) in [4.78, 5) is 11.9. The number of ketones is 1. The van der Waals surface area contributed by atoms with Gasteiger partial charge < -0.3 is 5.32 Å². The standard InChI is InChI=1S/C16H19N3OS2/c1-2-11-7-9-12(10-8-11)17-15-18-19-16(22-15)21-14-6-4-3-5-13(14)20/h7-10,14H,2-6H2,1H3,(H,17,18)/t14-/m0/s1. The predicted molar refractivity (Wildman–Crippen MR) is 92.1 cm³/mol. The number of anilines is 2. The van der Waals surface area contributed by atoms with Gasteiger partial charge in [-0.1, -0.05) is 48.6 Å². The number of rotatable bonds is 5. The van der Waals surface area contributed by atoms with Crippen molar-refractivity contribution in [3.05, 3.63) is 29.8 Å². The largest absolute Gasteiger partial charge is 0.330 e. The highest BCUT2D eigenvalue weighted by molar-refractivity contribution is 8.02. The third kappa shape index (κ3) is 3.87. The molecule has 3 rings (SSSR count). The number of nitrogens with zero attached hydrogens (tertiary/aromatic N) is 2. The van der Waals surface area contributed by atoms with Crippen LogP contribution in [0.25, 0.3) is 0 Å². The van der Waals surface area contributed by atoms with Crippen molar-refractivity contribution in [2.75, 3.05) is 5.32 Å². The molecule has 1 aromatic heterocycles. The topological polar surface area (TPSA) is 54.9 Å². The first kappa shape index (κ1) is 15.5. The van der Waals surface area contributed by atoms with E-state index in [1.807, 2.05) is 0 Å². The Kier molecular flexibility index (Phi) is 5.10. The molecule has 0 amide bonds. The van der Waals surface area contributed by atoms with Gasteiger partial charge in [0, 0.05) is 12.1 Å². The zero-order chi connectivity index (χ0) is 15.4. The van der Waals surface area contributed by atoms with Gasteiger partial charge in [0.25, 0.3) is 0 Å². The Morgan fingerprint density at radius 1 is 1.27 bits per heavy atom. The van der Waals surface area contributed by atoms with Crippen LogP contribution in [0.4, 0.5) is 10.8 Å². The van der Waals surface area contributed by atoms with Gasteiger partial charge in [-0.25, -0.2) is 0 Å². The maximum Gasteiger partial charge on any atom is 0.210 e. The molecule has 22 heavy (non-hydrogen) atoms. The molecule has 1 N–H and O–H groups in total. The molecule has 6 heteroatoms. The van der Waals surface area contributed by atoms with E-state index in [0.717, 1.165) is 40.8 Å². The minimum atomic E-state index is 0.0680. The van der Waals surface area contributed by atoms with E-state index in [4.69, 9.17) is 0 Å². The number of carbonyl (C=O) groups is 1. The number of aryl methyl sites for hydroxylation is 1. The normalized spacial score (nSPS) is 18.4. The van der Waals surface area contributed by atoms with E-state index in [2.05, 4.69) is 46.7 Å². The summed E-state index contributed by atoms with van der Waals surface area (Å²) < 4.78 is 0.868. The van der Waals surface area contributed by atoms with Crippen molar-refractivity contribution in [2.24, 2.45) is 0 Å². The molecule has 1 atom stereocenters. The molecule has 1 aromatic carbocycles. The lowest BCUT2D eigenvalue weighted by molar-refractivity contribution is -0.119. The molecule has 1 aliphatic rings. The Morgan fingerprint density at radius 2 is 2.09 bits per heavy atom. The summed E-state index contributed by atoms with van der Waals surface area (Å²) in [6.45, 7) is 2.14. The van der Waals surface area contributed by atoms with Crippen LogP contribution in [0, 0.1) is 0 Å². The summed E-state index contributed by atoms with van der Waals surface area (Å²) in [6.07, 6.45) is 4.88. The van der Waals surface area contributed by atoms with Crippen molar-refractivity contribution in [1.29, 1.82) is 0 Å². The van der Waals surface area contributed by atoms with Gasteiger partial charge >= 0.3 is 0 Å². The van der Waals surface area contributed by atoms with Crippen LogP contribution in [0.5, 0.6) is 0 Å². The van der Waals surface area contributed by atoms with Crippen molar-refractivity contribution in [3.8, 4) is 0 Å². The number of hydrogen-bond acceptors (Lipinski definition) is 6. The molecule has 0 bridgehead atoms. The molecule has 1 fully saturated rings. The summed E-state index contributed by atoms with van der Waals surface area (Å²) >= 11 is 3.08. The second-order valence-corrected chi connectivity index (χ2v) is 7.79. The molecule has 1 aliphatic carbocycles. The van der Waals surface area contributed by atoms with Gasteiger partial charge in [0.1, 0.15) is 5.78 Å². The van der Waals surface area contributed by atoms with Crippen LogP contribution in [0.2, 0.25) is 0 Å². The third-order valence-electron chi connectivity index (χ3n) is 3.76. The summed E-state index contributed by atoms with van der Waals surface area (Å²) in [5.74, 6) is 0.358. The van der Waals surface area contributed by atoms with Crippen LogP contribution in [0.3, 0.4) is 0 Å². The fraction of sp³-hybridized carbons (Fsp3) is 0.438. The minimum Gasteiger partial charge on any atom is -0.330 e. The van der Waals surface area contributed by atoms with E-state index in [1.165, 1.54) is 16.9 Å². The molecule has 116 valence electrons. The average molecular weight is 333 g/mol. The monoisotopic (exact) mass is 333 g/mol. The zero-order valence-electron chi connectivity index (χ0n) is 12.5. The Morgan fingerprint density at radius 3 is 2.82 bits per heavy atom. The lowest BCUT2D eigenvalue weighted by Crippen LogP contribution is -2.21. The first-order valence-electron chi connectivity index (χ1n) is 7.63. The van der Waals surface area contributed by atoms with Crippen LogP contribution in [-0.2, 0) is 11.2 Å². The second kappa shape index (κ2) is 7.24. The third-order valence-corrected chi connectivity index (χ3v) is 6.00. The Balaban J connectivity index is 1.61. The van der Waals surface area contributed by atoms with Gasteiger partial charge in [-0.3, -0.25) is 4.79 Å². The fourth-order valence-corrected chi connectivity index (χ4v) is 4.59. The summed E-state index contributed by atoms with van der Waals surface area (Å²) in [6, 6.07) is 8.33. The molecule has 1 heterocycles. The molecule has 0 unspecified atom stereocenters. The SMILES string of the molecule is CCc1ccc(Nc2nnc(S[C@H]3CCCCC3=O)s2)cc1. The van der Waals surface area contributed by atoms with Gasteiger partial charge in [-0.15, -0.1) is 10.2 Å². The molecule has 2 aromatic rings. The Hall–Kier alpha value is -1.40. The fourth-order valence-electron chi connectivity index (χ4n) is 2.45. The molecule has 4 nitrogen and oxygen atoms in total. The molecule has 0 aliphatic heterocycles. The van der Waals surface area contributed by atoms with Crippen molar-refractivity contribution < 1.29 is 4.79 Å². The number of benzene rings is 1. The Bertz CT molecular complexity index is 639. The van der Waals surface area contributed by atoms with Crippen LogP contribution in [0.15, 0.2) is 28.6 Å². The average Bonchev–Trinajstić information content (AvgIpc) is 2.97. The minimum absolute atomic E-state index is 0.0680. The second-order valence-electron chi connectivity index (χ2n) is 5.37. The predicted octanol–water partition coefficient (Wildman–Crippen LogP) is 4.45. The van der Waals surface area contributed by atoms with Gasteiger partial charge in [0.05, 0.1) is 5.25 Å². The number of carbonyl (C=O) groups excluding carboxylic acids is 1. The van der Waals surface area contributed by atoms with Crippen molar-refractivity contribution in [3.63, 3.8) is 0 Å². The van der Waals surface area contributed by atoms with E-state index in [1.54, 1.807) is 11.8 Å². The number of nitrogens with one attached hydrogen (secondary N) is 1. The zero-order valence-corrected chi connectivity index (χ0v) is 14.2. The Labute approximate surface area is 138 Å². The van der Waals surface area contributed by atoms with Crippen LogP contribution < -0.4 is 5.32 Å². The summed E-state index contributed by atoms with van der Waals surface area (Å²) in [5, 5.41) is 12.5. The number of hydrogen-bond donors (Lipinski definition) is 1. The van der Waals surface area contributed by atoms with Crippen molar-refractivity contribution in [2.45, 2.75) is 48.6 Å². The van der Waals surface area contributed by atoms with Gasteiger partial charge in [0.2, 0.25) is 5.13 Å². The lowest BCUT2D eigenvalue weighted by atomic mass is 9.99. The first-order chi connectivity index (χ1) is 10.7. The van der Waals surface area contributed by atoms with Crippen molar-refractivity contribution in [1.82, 2.24) is 10.2 Å². The maximum atomic E-state index is 11.9. The van der Waals surface area contributed by atoms with Crippen LogP contribution >= 0.6 is 23.1 Å². The highest BCUT2D eigenvalue weighted by Gasteiger charge is 2.24. The molecular formula is C16H19N3OS2. The van der Waals surface area contributed by atoms with Gasteiger partial charge in [-0.05, 0) is 37.0 Å². The highest BCUT2D eigenvalue weighted by Crippen LogP contribution is 2.35. The molecule has 0 radical (unpaired) electrons. The van der Waals surface area contributed by atoms with Crippen molar-refractivity contribution >= 4 is 39.7 Å². The summed E-state index contributed by atoms with van der Waals surface area (Å²) in [5.41, 5.74) is 2.33. The van der Waals surface area contributed by atoms with Crippen LogP contribution in [-0.4, -0.2) is 21.2 Å². The molecular weight excluding hydrogens is 314 g/mol. The molecule has 0 saturated heterocycles. The lowest BCUT2D eigenvalue weighted by Gasteiger charge is -2.17. The van der Waals surface area contributed by atoms with Gasteiger partial charge in [-0.2, -0.15) is 0 Å². The molecule has 0 spiro atoms. The van der Waals surface area contributed by atoms with E-state index < -0.39 is 0 Å². The van der Waals surface area contributed by atoms with Crippen LogP contribution in [0.1, 0.15) is 38.2 Å². The highest BCUT2D eigenvalue weighted by atomic mass is 32.2. The molecule has 1 saturated carbocycles. The van der Waals surface area contributed by atoms with Gasteiger partial charge in [0.15, 0.2) is 4.34 Å². The first-order valence-corrected chi connectivity index (χ1v) is 9.33. The van der Waals surface area contributed by atoms with E-state index in [-0.39, 0.29) is 5.25 Å². The number of thioether (sulfide) groups is 1. The smallest absolute Gasteiger partial charge is 0.210 e. The van der Waals surface area contributed by atoms with E-state index >= 15 is 0 Å². The maximum absolute atomic E-state index is 11.9. The van der Waals surface area contributed by atoms with E-state index in [9.17, 15) is 4.79 Å². The number of Topliss-reactive ketones (excluding diaryl/α,β-unsaturated/α-hetero) is 1. The summed E-state index contributed by atoms with van der Waals surface area (Å²) in [7, 11) is 0. The van der Waals surface area contributed by atoms with E-state index in [0.29, 0.717) is 12.2 Å².